The lowest BCUT2D eigenvalue weighted by molar-refractivity contribution is -0.144. The molecule has 1 aromatic carbocycles. The quantitative estimate of drug-likeness (QED) is 0.662. The van der Waals surface area contributed by atoms with Gasteiger partial charge >= 0.3 is 0 Å². The third-order valence-corrected chi connectivity index (χ3v) is 5.35. The van der Waals surface area contributed by atoms with E-state index in [1.165, 1.54) is 16.6 Å². The van der Waals surface area contributed by atoms with Crippen LogP contribution in [0.3, 0.4) is 0 Å². The predicted octanol–water partition coefficient (Wildman–Crippen LogP) is 0.732. The van der Waals surface area contributed by atoms with Gasteiger partial charge in [0.15, 0.2) is 0 Å². The van der Waals surface area contributed by atoms with Gasteiger partial charge < -0.3 is 20.4 Å². The lowest BCUT2D eigenvalue weighted by Gasteiger charge is -2.34. The number of hydrogen-bond donors (Lipinski definition) is 3. The molecule has 30 heavy (non-hydrogen) atoms. The van der Waals surface area contributed by atoms with Gasteiger partial charge in [-0.1, -0.05) is 44.2 Å². The number of carbonyl (C=O) groups is 2. The van der Waals surface area contributed by atoms with Crippen LogP contribution in [0.5, 0.6) is 0 Å². The van der Waals surface area contributed by atoms with Crippen molar-refractivity contribution in [2.45, 2.75) is 52.0 Å². The zero-order valence-corrected chi connectivity index (χ0v) is 17.7. The minimum Gasteiger partial charge on any atom is -0.392 e. The van der Waals surface area contributed by atoms with Crippen LogP contribution in [0.15, 0.2) is 30.5 Å². The zero-order valence-electron chi connectivity index (χ0n) is 17.7. The molecule has 162 valence electrons. The van der Waals surface area contributed by atoms with Gasteiger partial charge in [0.25, 0.3) is 0 Å². The second kappa shape index (κ2) is 8.53. The molecule has 2 amide bonds. The molecule has 0 spiro atoms. The molecule has 0 radical (unpaired) electrons. The average molecular weight is 415 g/mol. The standard InChI is InChI=1S/C21H29N5O4/c1-21(2,3)18(20(30)25-10-15(28)9-17(25)19(29)22-4)26-11-16(23-24-26)14-7-5-6-13(8-14)12-27/h5-8,11,15,17-18,27-28H,9-10,12H2,1-4H3,(H,22,29)/t15?,17?,18-/m1/s1. The Labute approximate surface area is 175 Å². The molecule has 2 heterocycles. The maximum absolute atomic E-state index is 13.5. The largest absolute Gasteiger partial charge is 0.392 e. The van der Waals surface area contributed by atoms with Crippen molar-refractivity contribution >= 4 is 11.8 Å². The SMILES string of the molecule is CNC(=O)C1CC(O)CN1C(=O)[C@@H](n1cc(-c2cccc(CO)c2)nn1)C(C)(C)C. The number of benzene rings is 1. The highest BCUT2D eigenvalue weighted by Gasteiger charge is 2.45. The van der Waals surface area contributed by atoms with Gasteiger partial charge in [-0.25, -0.2) is 4.68 Å². The Kier molecular flexibility index (Phi) is 6.23. The normalized spacial score (nSPS) is 20.3. The molecule has 0 bridgehead atoms. The summed E-state index contributed by atoms with van der Waals surface area (Å²) in [5.74, 6) is -0.583. The average Bonchev–Trinajstić information content (AvgIpc) is 3.33. The lowest BCUT2D eigenvalue weighted by Crippen LogP contribution is -2.49. The predicted molar refractivity (Wildman–Crippen MR) is 110 cm³/mol. The fourth-order valence-electron chi connectivity index (χ4n) is 3.87. The monoisotopic (exact) mass is 415 g/mol. The number of likely N-dealkylation sites (N-methyl/N-ethyl adjacent to an activating group) is 1. The first-order valence-corrected chi connectivity index (χ1v) is 9.98. The number of aromatic nitrogens is 3. The van der Waals surface area contributed by atoms with Crippen LogP contribution in [0, 0.1) is 5.41 Å². The highest BCUT2D eigenvalue weighted by atomic mass is 16.3. The molecular weight excluding hydrogens is 386 g/mol. The van der Waals surface area contributed by atoms with Crippen molar-refractivity contribution in [1.82, 2.24) is 25.2 Å². The number of aliphatic hydroxyl groups is 2. The van der Waals surface area contributed by atoms with Gasteiger partial charge in [0, 0.05) is 25.6 Å². The molecule has 2 unspecified atom stereocenters. The fraction of sp³-hybridized carbons (Fsp3) is 0.524. The van der Waals surface area contributed by atoms with Crippen molar-refractivity contribution in [3.63, 3.8) is 0 Å². The van der Waals surface area contributed by atoms with Gasteiger partial charge in [0.2, 0.25) is 11.8 Å². The van der Waals surface area contributed by atoms with Gasteiger partial charge in [0.05, 0.1) is 18.9 Å². The molecule has 9 nitrogen and oxygen atoms in total. The van der Waals surface area contributed by atoms with Crippen LogP contribution in [-0.4, -0.2) is 67.7 Å². The van der Waals surface area contributed by atoms with Crippen LogP contribution in [0.2, 0.25) is 0 Å². The van der Waals surface area contributed by atoms with E-state index in [0.717, 1.165) is 11.1 Å². The lowest BCUT2D eigenvalue weighted by atomic mass is 9.85. The first-order chi connectivity index (χ1) is 14.2. The molecule has 3 N–H and O–H groups in total. The first-order valence-electron chi connectivity index (χ1n) is 9.98. The number of nitrogens with zero attached hydrogens (tertiary/aromatic N) is 4. The number of aliphatic hydroxyl groups excluding tert-OH is 2. The molecule has 2 aromatic rings. The number of hydrogen-bond acceptors (Lipinski definition) is 6. The van der Waals surface area contributed by atoms with Crippen molar-refractivity contribution in [3.8, 4) is 11.3 Å². The van der Waals surface area contributed by atoms with E-state index in [0.29, 0.717) is 5.69 Å². The molecule has 9 heteroatoms. The Morgan fingerprint density at radius 1 is 1.33 bits per heavy atom. The summed E-state index contributed by atoms with van der Waals surface area (Å²) in [7, 11) is 1.52. The molecule has 1 aromatic heterocycles. The van der Waals surface area contributed by atoms with Crippen molar-refractivity contribution in [2.24, 2.45) is 5.41 Å². The van der Waals surface area contributed by atoms with Crippen molar-refractivity contribution in [3.05, 3.63) is 36.0 Å². The van der Waals surface area contributed by atoms with Gasteiger partial charge in [-0.3, -0.25) is 9.59 Å². The molecule has 1 saturated heterocycles. The van der Waals surface area contributed by atoms with E-state index in [4.69, 9.17) is 0 Å². The molecule has 3 rings (SSSR count). The van der Waals surface area contributed by atoms with E-state index in [9.17, 15) is 19.8 Å². The molecule has 0 saturated carbocycles. The fourth-order valence-corrected chi connectivity index (χ4v) is 3.87. The summed E-state index contributed by atoms with van der Waals surface area (Å²) in [4.78, 5) is 27.2. The van der Waals surface area contributed by atoms with Gasteiger partial charge in [0.1, 0.15) is 17.8 Å². The number of nitrogens with one attached hydrogen (secondary N) is 1. The van der Waals surface area contributed by atoms with Crippen LogP contribution in [0.1, 0.15) is 38.8 Å². The van der Waals surface area contributed by atoms with E-state index >= 15 is 0 Å². The van der Waals surface area contributed by atoms with Gasteiger partial charge in [-0.15, -0.1) is 5.10 Å². The van der Waals surface area contributed by atoms with E-state index in [1.54, 1.807) is 6.20 Å². The summed E-state index contributed by atoms with van der Waals surface area (Å²) in [6, 6.07) is 5.89. The van der Waals surface area contributed by atoms with E-state index in [1.807, 2.05) is 45.0 Å². The Bertz CT molecular complexity index is 920. The van der Waals surface area contributed by atoms with Gasteiger partial charge in [-0.05, 0) is 17.0 Å². The zero-order chi connectivity index (χ0) is 22.1. The number of β-amino-alcohol motifs (C(OH)–C–C–N with tert-alkyl or cyclic N) is 1. The summed E-state index contributed by atoms with van der Waals surface area (Å²) >= 11 is 0. The Balaban J connectivity index is 1.95. The molecule has 1 aliphatic heterocycles. The Hall–Kier alpha value is -2.78. The molecule has 3 atom stereocenters. The molecule has 0 aliphatic carbocycles. The van der Waals surface area contributed by atoms with Crippen molar-refractivity contribution < 1.29 is 19.8 Å². The minimum atomic E-state index is -0.746. The van der Waals surface area contributed by atoms with Crippen LogP contribution in [0.25, 0.3) is 11.3 Å². The minimum absolute atomic E-state index is 0.0801. The maximum atomic E-state index is 13.5. The first kappa shape index (κ1) is 21.9. The summed E-state index contributed by atoms with van der Waals surface area (Å²) in [6.45, 7) is 5.78. The maximum Gasteiger partial charge on any atom is 0.248 e. The highest BCUT2D eigenvalue weighted by molar-refractivity contribution is 5.90. The topological polar surface area (TPSA) is 121 Å². The number of carbonyl (C=O) groups excluding carboxylic acids is 2. The molecule has 1 fully saturated rings. The number of likely N-dealkylation sites (tertiary alicyclic amines) is 1. The smallest absolute Gasteiger partial charge is 0.248 e. The van der Waals surface area contributed by atoms with E-state index < -0.39 is 23.6 Å². The second-order valence-corrected chi connectivity index (χ2v) is 8.72. The number of amides is 2. The van der Waals surface area contributed by atoms with E-state index in [-0.39, 0.29) is 31.4 Å². The summed E-state index contributed by atoms with van der Waals surface area (Å²) < 4.78 is 1.52. The molecule has 1 aliphatic rings. The second-order valence-electron chi connectivity index (χ2n) is 8.72. The summed E-state index contributed by atoms with van der Waals surface area (Å²) in [5, 5.41) is 30.5. The number of rotatable bonds is 5. The highest BCUT2D eigenvalue weighted by Crippen LogP contribution is 2.35. The van der Waals surface area contributed by atoms with Crippen LogP contribution in [-0.2, 0) is 16.2 Å². The summed E-state index contributed by atoms with van der Waals surface area (Å²) in [6.07, 6.45) is 1.16. The Morgan fingerprint density at radius 3 is 2.70 bits per heavy atom. The van der Waals surface area contributed by atoms with Gasteiger partial charge in [-0.2, -0.15) is 0 Å². The third-order valence-electron chi connectivity index (χ3n) is 5.35. The van der Waals surface area contributed by atoms with E-state index in [2.05, 4.69) is 15.6 Å². The molecular formula is C21H29N5O4. The van der Waals surface area contributed by atoms with Crippen LogP contribution >= 0.6 is 0 Å². The third kappa shape index (κ3) is 4.36. The van der Waals surface area contributed by atoms with Crippen molar-refractivity contribution in [2.75, 3.05) is 13.6 Å². The van der Waals surface area contributed by atoms with Crippen LogP contribution in [0.4, 0.5) is 0 Å². The van der Waals surface area contributed by atoms with Crippen LogP contribution < -0.4 is 5.32 Å². The summed E-state index contributed by atoms with van der Waals surface area (Å²) in [5.41, 5.74) is 1.60. The van der Waals surface area contributed by atoms with Crippen molar-refractivity contribution in [1.29, 1.82) is 0 Å². The Morgan fingerprint density at radius 2 is 2.07 bits per heavy atom.